The van der Waals surface area contributed by atoms with Gasteiger partial charge >= 0.3 is 11.8 Å². The molecule has 0 saturated carbocycles. The number of hydrogen-bond donors (Lipinski definition) is 2. The molecule has 1 aromatic carbocycles. The van der Waals surface area contributed by atoms with E-state index in [4.69, 9.17) is 4.74 Å². The van der Waals surface area contributed by atoms with Crippen molar-refractivity contribution in [1.82, 2.24) is 10.3 Å². The summed E-state index contributed by atoms with van der Waals surface area (Å²) < 4.78 is 5.35. The topological polar surface area (TPSA) is 83.6 Å². The van der Waals surface area contributed by atoms with Crippen LogP contribution < -0.4 is 20.3 Å². The molecule has 0 radical (unpaired) electrons. The van der Waals surface area contributed by atoms with Crippen molar-refractivity contribution in [3.8, 4) is 5.75 Å². The van der Waals surface area contributed by atoms with Crippen molar-refractivity contribution >= 4 is 23.2 Å². The fourth-order valence-corrected chi connectivity index (χ4v) is 2.92. The molecule has 2 aromatic rings. The number of carbonyl (C=O) groups is 2. The molecule has 0 aliphatic carbocycles. The van der Waals surface area contributed by atoms with E-state index in [0.717, 1.165) is 28.1 Å². The number of amides is 2. The van der Waals surface area contributed by atoms with Gasteiger partial charge in [-0.2, -0.15) is 0 Å². The van der Waals surface area contributed by atoms with Gasteiger partial charge in [0.1, 0.15) is 5.75 Å². The highest BCUT2D eigenvalue weighted by Crippen LogP contribution is 2.24. The maximum absolute atomic E-state index is 12.1. The maximum atomic E-state index is 12.1. The number of benzene rings is 1. The average molecular weight is 370 g/mol. The second kappa shape index (κ2) is 8.53. The zero-order valence-electron chi connectivity index (χ0n) is 16.6. The molecule has 0 spiro atoms. The van der Waals surface area contributed by atoms with E-state index in [2.05, 4.69) is 15.6 Å². The van der Waals surface area contributed by atoms with Gasteiger partial charge in [-0.15, -0.1) is 0 Å². The van der Waals surface area contributed by atoms with Crippen LogP contribution in [0, 0.1) is 20.8 Å². The Morgan fingerprint density at radius 3 is 2.41 bits per heavy atom. The number of pyridine rings is 1. The molecule has 1 aromatic heterocycles. The van der Waals surface area contributed by atoms with Crippen LogP contribution in [0.2, 0.25) is 0 Å². The fraction of sp³-hybridized carbons (Fsp3) is 0.350. The summed E-state index contributed by atoms with van der Waals surface area (Å²) in [5.41, 5.74) is 5.04. The lowest BCUT2D eigenvalue weighted by Gasteiger charge is -2.16. The van der Waals surface area contributed by atoms with Gasteiger partial charge in [0.05, 0.1) is 19.3 Å². The first-order chi connectivity index (χ1) is 12.7. The van der Waals surface area contributed by atoms with Crippen LogP contribution in [0.5, 0.6) is 5.75 Å². The molecule has 0 aliphatic rings. The summed E-state index contributed by atoms with van der Waals surface area (Å²) in [4.78, 5) is 30.6. The third-order valence-electron chi connectivity index (χ3n) is 4.31. The molecule has 2 amide bonds. The molecule has 0 bridgehead atoms. The minimum atomic E-state index is -0.719. The minimum Gasteiger partial charge on any atom is -0.496 e. The number of carbonyl (C=O) groups excluding carboxylic acids is 2. The van der Waals surface area contributed by atoms with Crippen LogP contribution in [-0.2, 0) is 16.1 Å². The predicted octanol–water partition coefficient (Wildman–Crippen LogP) is 2.34. The summed E-state index contributed by atoms with van der Waals surface area (Å²) in [6.45, 7) is 5.87. The number of hydrogen-bond acceptors (Lipinski definition) is 5. The van der Waals surface area contributed by atoms with Crippen LogP contribution >= 0.6 is 0 Å². The Morgan fingerprint density at radius 2 is 1.81 bits per heavy atom. The molecule has 0 saturated heterocycles. The van der Waals surface area contributed by atoms with Crippen molar-refractivity contribution in [2.24, 2.45) is 0 Å². The quantitative estimate of drug-likeness (QED) is 0.790. The Hall–Kier alpha value is -3.09. The number of ether oxygens (including phenoxy) is 1. The first-order valence-corrected chi connectivity index (χ1v) is 8.60. The first-order valence-electron chi connectivity index (χ1n) is 8.60. The molecule has 7 nitrogen and oxygen atoms in total. The standard InChI is InChI=1S/C20H26N4O3/c1-12-9-15(7-8-17(12)24(4)5)23-20(26)19(25)22-11-16-14(3)18(27-6)13(2)10-21-16/h7-10H,11H2,1-6H3,(H,22,25)(H,23,26). The second-order valence-corrected chi connectivity index (χ2v) is 6.58. The van der Waals surface area contributed by atoms with Crippen molar-refractivity contribution in [1.29, 1.82) is 0 Å². The number of methoxy groups -OCH3 is 1. The van der Waals surface area contributed by atoms with Crippen LogP contribution in [0.3, 0.4) is 0 Å². The highest BCUT2D eigenvalue weighted by molar-refractivity contribution is 6.39. The number of aromatic nitrogens is 1. The van der Waals surface area contributed by atoms with Gasteiger partial charge in [-0.1, -0.05) is 0 Å². The van der Waals surface area contributed by atoms with E-state index in [-0.39, 0.29) is 6.54 Å². The molecule has 7 heteroatoms. The molecular formula is C20H26N4O3. The van der Waals surface area contributed by atoms with Gasteiger partial charge in [-0.3, -0.25) is 14.6 Å². The second-order valence-electron chi connectivity index (χ2n) is 6.58. The van der Waals surface area contributed by atoms with E-state index in [0.29, 0.717) is 11.4 Å². The Morgan fingerprint density at radius 1 is 1.11 bits per heavy atom. The molecule has 2 N–H and O–H groups in total. The molecule has 1 heterocycles. The zero-order valence-corrected chi connectivity index (χ0v) is 16.6. The van der Waals surface area contributed by atoms with Crippen LogP contribution in [-0.4, -0.2) is 38.0 Å². The van der Waals surface area contributed by atoms with Gasteiger partial charge in [0.15, 0.2) is 0 Å². The lowest BCUT2D eigenvalue weighted by Crippen LogP contribution is -2.35. The van der Waals surface area contributed by atoms with Crippen molar-refractivity contribution in [2.45, 2.75) is 27.3 Å². The summed E-state index contributed by atoms with van der Waals surface area (Å²) in [7, 11) is 5.49. The smallest absolute Gasteiger partial charge is 0.313 e. The van der Waals surface area contributed by atoms with E-state index >= 15 is 0 Å². The van der Waals surface area contributed by atoms with E-state index in [9.17, 15) is 9.59 Å². The molecule has 0 unspecified atom stereocenters. The van der Waals surface area contributed by atoms with E-state index < -0.39 is 11.8 Å². The molecule has 27 heavy (non-hydrogen) atoms. The number of anilines is 2. The molecule has 0 aliphatic heterocycles. The highest BCUT2D eigenvalue weighted by atomic mass is 16.5. The average Bonchev–Trinajstić information content (AvgIpc) is 2.61. The normalized spacial score (nSPS) is 10.3. The highest BCUT2D eigenvalue weighted by Gasteiger charge is 2.16. The Balaban J connectivity index is 2.01. The van der Waals surface area contributed by atoms with Gasteiger partial charge in [0, 0.05) is 42.8 Å². The van der Waals surface area contributed by atoms with Crippen molar-refractivity contribution in [3.05, 3.63) is 46.8 Å². The third-order valence-corrected chi connectivity index (χ3v) is 4.31. The van der Waals surface area contributed by atoms with E-state index in [1.807, 2.05) is 51.9 Å². The van der Waals surface area contributed by atoms with Crippen LogP contribution in [0.15, 0.2) is 24.4 Å². The first kappa shape index (κ1) is 20.2. The van der Waals surface area contributed by atoms with Crippen LogP contribution in [0.1, 0.15) is 22.4 Å². The Labute approximate surface area is 159 Å². The summed E-state index contributed by atoms with van der Waals surface area (Å²) in [5, 5.41) is 5.21. The number of rotatable bonds is 5. The van der Waals surface area contributed by atoms with Crippen molar-refractivity contribution < 1.29 is 14.3 Å². The van der Waals surface area contributed by atoms with Gasteiger partial charge in [-0.05, 0) is 44.5 Å². The van der Waals surface area contributed by atoms with Gasteiger partial charge < -0.3 is 20.3 Å². The van der Waals surface area contributed by atoms with Gasteiger partial charge in [-0.25, -0.2) is 0 Å². The molecule has 0 fully saturated rings. The molecule has 0 atom stereocenters. The van der Waals surface area contributed by atoms with Gasteiger partial charge in [0.2, 0.25) is 0 Å². The van der Waals surface area contributed by atoms with Crippen molar-refractivity contribution in [3.63, 3.8) is 0 Å². The monoisotopic (exact) mass is 370 g/mol. The Kier molecular flexibility index (Phi) is 6.39. The summed E-state index contributed by atoms with van der Waals surface area (Å²) in [6.07, 6.45) is 1.68. The summed E-state index contributed by atoms with van der Waals surface area (Å²) in [5.74, 6) is -0.705. The molecule has 144 valence electrons. The summed E-state index contributed by atoms with van der Waals surface area (Å²) >= 11 is 0. The van der Waals surface area contributed by atoms with Gasteiger partial charge in [0.25, 0.3) is 0 Å². The van der Waals surface area contributed by atoms with Crippen LogP contribution in [0.4, 0.5) is 11.4 Å². The van der Waals surface area contributed by atoms with Crippen LogP contribution in [0.25, 0.3) is 0 Å². The number of nitrogens with zero attached hydrogens (tertiary/aromatic N) is 2. The minimum absolute atomic E-state index is 0.146. The SMILES string of the molecule is COc1c(C)cnc(CNC(=O)C(=O)Nc2ccc(N(C)C)c(C)c2)c1C. The lowest BCUT2D eigenvalue weighted by molar-refractivity contribution is -0.136. The predicted molar refractivity (Wildman–Crippen MR) is 106 cm³/mol. The Bertz CT molecular complexity index is 863. The number of nitrogens with one attached hydrogen (secondary N) is 2. The van der Waals surface area contributed by atoms with E-state index in [1.54, 1.807) is 19.4 Å². The van der Waals surface area contributed by atoms with Crippen molar-refractivity contribution in [2.75, 3.05) is 31.4 Å². The maximum Gasteiger partial charge on any atom is 0.313 e. The lowest BCUT2D eigenvalue weighted by atomic mass is 10.1. The third kappa shape index (κ3) is 4.75. The molecule has 2 rings (SSSR count). The molecular weight excluding hydrogens is 344 g/mol. The summed E-state index contributed by atoms with van der Waals surface area (Å²) in [6, 6.07) is 5.50. The largest absolute Gasteiger partial charge is 0.496 e. The number of aryl methyl sites for hydroxylation is 2. The zero-order chi connectivity index (χ0) is 20.1. The fourth-order valence-electron chi connectivity index (χ4n) is 2.92. The van der Waals surface area contributed by atoms with E-state index in [1.165, 1.54) is 0 Å².